The average Bonchev–Trinajstić information content (AvgIpc) is 2.44. The zero-order valence-electron chi connectivity index (χ0n) is 13.3. The Labute approximate surface area is 120 Å². The highest BCUT2D eigenvalue weighted by Crippen LogP contribution is 2.14. The number of rotatable bonds is 10. The Balaban J connectivity index is 2.14. The third-order valence-corrected chi connectivity index (χ3v) is 4.03. The summed E-state index contributed by atoms with van der Waals surface area (Å²) >= 11 is 0. The fourth-order valence-electron chi connectivity index (χ4n) is 2.94. The van der Waals surface area contributed by atoms with Gasteiger partial charge in [-0.25, -0.2) is 0 Å². The van der Waals surface area contributed by atoms with E-state index in [0.29, 0.717) is 12.1 Å². The molecule has 1 saturated heterocycles. The molecule has 114 valence electrons. The maximum Gasteiger partial charge on any atom is 0.0702 e. The minimum atomic E-state index is 0.490. The van der Waals surface area contributed by atoms with Crippen LogP contribution in [0, 0.1) is 0 Å². The van der Waals surface area contributed by atoms with Gasteiger partial charge in [0.05, 0.1) is 6.10 Å². The van der Waals surface area contributed by atoms with E-state index in [2.05, 4.69) is 31.0 Å². The van der Waals surface area contributed by atoms with Gasteiger partial charge >= 0.3 is 0 Å². The van der Waals surface area contributed by atoms with E-state index < -0.39 is 0 Å². The molecule has 0 saturated carbocycles. The van der Waals surface area contributed by atoms with Gasteiger partial charge in [0.2, 0.25) is 0 Å². The second-order valence-corrected chi connectivity index (χ2v) is 5.74. The molecule has 1 aliphatic heterocycles. The van der Waals surface area contributed by atoms with Gasteiger partial charge in [0.1, 0.15) is 0 Å². The predicted octanol–water partition coefficient (Wildman–Crippen LogP) is 3.05. The number of piperidine rings is 1. The van der Waals surface area contributed by atoms with Crippen LogP contribution in [0.2, 0.25) is 0 Å². The van der Waals surface area contributed by atoms with Crippen molar-refractivity contribution in [3.63, 3.8) is 0 Å². The van der Waals surface area contributed by atoms with Crippen LogP contribution in [0.4, 0.5) is 0 Å². The first-order valence-electron chi connectivity index (χ1n) is 8.37. The molecule has 1 fully saturated rings. The highest BCUT2D eigenvalue weighted by molar-refractivity contribution is 4.74. The van der Waals surface area contributed by atoms with E-state index in [1.807, 2.05) is 0 Å². The smallest absolute Gasteiger partial charge is 0.0702 e. The minimum absolute atomic E-state index is 0.490. The molecule has 1 heterocycles. The molecule has 0 bridgehead atoms. The summed E-state index contributed by atoms with van der Waals surface area (Å²) in [5.41, 5.74) is 0. The molecular weight excluding hydrogens is 236 g/mol. The fourth-order valence-corrected chi connectivity index (χ4v) is 2.94. The maximum absolute atomic E-state index is 5.90. The van der Waals surface area contributed by atoms with Gasteiger partial charge in [0, 0.05) is 19.2 Å². The van der Waals surface area contributed by atoms with Crippen LogP contribution in [0.15, 0.2) is 0 Å². The van der Waals surface area contributed by atoms with Crippen molar-refractivity contribution in [3.05, 3.63) is 0 Å². The highest BCUT2D eigenvalue weighted by Gasteiger charge is 2.19. The quantitative estimate of drug-likeness (QED) is 0.660. The van der Waals surface area contributed by atoms with Crippen molar-refractivity contribution in [1.29, 1.82) is 0 Å². The SMILES string of the molecule is CCCOC1CCCN(CCCC(CC)NCC)C1. The maximum atomic E-state index is 5.90. The van der Waals surface area contributed by atoms with Gasteiger partial charge in [-0.15, -0.1) is 0 Å². The third kappa shape index (κ3) is 7.28. The van der Waals surface area contributed by atoms with Crippen molar-refractivity contribution in [1.82, 2.24) is 10.2 Å². The number of hydrogen-bond donors (Lipinski definition) is 1. The van der Waals surface area contributed by atoms with Crippen LogP contribution in [0.5, 0.6) is 0 Å². The summed E-state index contributed by atoms with van der Waals surface area (Å²) in [6.45, 7) is 12.3. The molecule has 1 N–H and O–H groups in total. The predicted molar refractivity (Wildman–Crippen MR) is 82.7 cm³/mol. The van der Waals surface area contributed by atoms with Crippen molar-refractivity contribution in [2.24, 2.45) is 0 Å². The lowest BCUT2D eigenvalue weighted by Crippen LogP contribution is -2.40. The van der Waals surface area contributed by atoms with Crippen molar-refractivity contribution >= 4 is 0 Å². The Hall–Kier alpha value is -0.120. The molecule has 0 aromatic heterocycles. The van der Waals surface area contributed by atoms with Gasteiger partial charge in [-0.2, -0.15) is 0 Å². The first-order chi connectivity index (χ1) is 9.30. The van der Waals surface area contributed by atoms with Gasteiger partial charge in [-0.05, 0) is 58.2 Å². The summed E-state index contributed by atoms with van der Waals surface area (Å²) in [6.07, 6.45) is 8.05. The van der Waals surface area contributed by atoms with Crippen LogP contribution in [-0.4, -0.2) is 49.8 Å². The monoisotopic (exact) mass is 270 g/mol. The molecule has 19 heavy (non-hydrogen) atoms. The van der Waals surface area contributed by atoms with Crippen LogP contribution in [0.3, 0.4) is 0 Å². The third-order valence-electron chi connectivity index (χ3n) is 4.03. The molecule has 0 aromatic rings. The fraction of sp³-hybridized carbons (Fsp3) is 1.00. The topological polar surface area (TPSA) is 24.5 Å². The molecule has 2 atom stereocenters. The van der Waals surface area contributed by atoms with Crippen molar-refractivity contribution in [2.75, 3.05) is 32.8 Å². The summed E-state index contributed by atoms with van der Waals surface area (Å²) in [4.78, 5) is 2.60. The zero-order valence-corrected chi connectivity index (χ0v) is 13.3. The summed E-state index contributed by atoms with van der Waals surface area (Å²) in [6, 6.07) is 0.710. The molecule has 1 rings (SSSR count). The van der Waals surface area contributed by atoms with E-state index >= 15 is 0 Å². The normalized spacial score (nSPS) is 22.6. The molecule has 0 aliphatic carbocycles. The molecular formula is C16H34N2O. The second kappa shape index (κ2) is 10.6. The van der Waals surface area contributed by atoms with Crippen LogP contribution >= 0.6 is 0 Å². The Kier molecular flexibility index (Phi) is 9.48. The van der Waals surface area contributed by atoms with Gasteiger partial charge in [0.25, 0.3) is 0 Å². The van der Waals surface area contributed by atoms with Gasteiger partial charge < -0.3 is 15.0 Å². The van der Waals surface area contributed by atoms with Gasteiger partial charge in [-0.1, -0.05) is 20.8 Å². The lowest BCUT2D eigenvalue weighted by molar-refractivity contribution is -0.000479. The molecule has 3 nitrogen and oxygen atoms in total. The second-order valence-electron chi connectivity index (χ2n) is 5.74. The first kappa shape index (κ1) is 16.9. The number of ether oxygens (including phenoxy) is 1. The van der Waals surface area contributed by atoms with E-state index in [1.54, 1.807) is 0 Å². The summed E-state index contributed by atoms with van der Waals surface area (Å²) in [5.74, 6) is 0. The molecule has 0 spiro atoms. The van der Waals surface area contributed by atoms with Gasteiger partial charge in [-0.3, -0.25) is 0 Å². The number of nitrogens with zero attached hydrogens (tertiary/aromatic N) is 1. The van der Waals surface area contributed by atoms with E-state index in [9.17, 15) is 0 Å². The van der Waals surface area contributed by atoms with E-state index in [0.717, 1.165) is 26.1 Å². The van der Waals surface area contributed by atoms with Crippen molar-refractivity contribution in [3.8, 4) is 0 Å². The number of hydrogen-bond acceptors (Lipinski definition) is 3. The lowest BCUT2D eigenvalue weighted by Gasteiger charge is -2.33. The lowest BCUT2D eigenvalue weighted by atomic mass is 10.1. The van der Waals surface area contributed by atoms with Crippen molar-refractivity contribution in [2.45, 2.75) is 71.4 Å². The number of nitrogens with one attached hydrogen (secondary N) is 1. The Morgan fingerprint density at radius 1 is 1.32 bits per heavy atom. The van der Waals surface area contributed by atoms with Crippen LogP contribution < -0.4 is 5.32 Å². The van der Waals surface area contributed by atoms with Crippen LogP contribution in [0.25, 0.3) is 0 Å². The standard InChI is InChI=1S/C16H34N2O/c1-4-13-19-16-10-8-12-18(14-16)11-7-9-15(5-2)17-6-3/h15-17H,4-14H2,1-3H3. The molecule has 0 radical (unpaired) electrons. The van der Waals surface area contributed by atoms with Gasteiger partial charge in [0.15, 0.2) is 0 Å². The van der Waals surface area contributed by atoms with Crippen LogP contribution in [-0.2, 0) is 4.74 Å². The average molecular weight is 270 g/mol. The molecule has 2 unspecified atom stereocenters. The van der Waals surface area contributed by atoms with Crippen molar-refractivity contribution < 1.29 is 4.74 Å². The molecule has 0 amide bonds. The Bertz CT molecular complexity index is 211. The molecule has 3 heteroatoms. The molecule has 0 aromatic carbocycles. The van der Waals surface area contributed by atoms with Crippen LogP contribution in [0.1, 0.15) is 59.3 Å². The Morgan fingerprint density at radius 3 is 2.84 bits per heavy atom. The summed E-state index contributed by atoms with van der Waals surface area (Å²) < 4.78 is 5.90. The first-order valence-corrected chi connectivity index (χ1v) is 8.37. The largest absolute Gasteiger partial charge is 0.377 e. The number of likely N-dealkylation sites (tertiary alicyclic amines) is 1. The summed E-state index contributed by atoms with van der Waals surface area (Å²) in [5, 5.41) is 3.56. The van der Waals surface area contributed by atoms with E-state index in [1.165, 1.54) is 45.2 Å². The zero-order chi connectivity index (χ0) is 13.9. The van der Waals surface area contributed by atoms with E-state index in [4.69, 9.17) is 4.74 Å². The highest BCUT2D eigenvalue weighted by atomic mass is 16.5. The van der Waals surface area contributed by atoms with E-state index in [-0.39, 0.29) is 0 Å². The molecule has 1 aliphatic rings. The Morgan fingerprint density at radius 2 is 2.16 bits per heavy atom. The summed E-state index contributed by atoms with van der Waals surface area (Å²) in [7, 11) is 0. The minimum Gasteiger partial charge on any atom is -0.377 e.